The van der Waals surface area contributed by atoms with Crippen molar-refractivity contribution in [2.75, 3.05) is 13.2 Å². The van der Waals surface area contributed by atoms with Gasteiger partial charge in [0.1, 0.15) is 6.04 Å². The number of carbonyl (C=O) groups is 3. The molecule has 0 heterocycles. The number of carboxylic acid groups (broad SMARTS) is 1. The fourth-order valence-electron chi connectivity index (χ4n) is 1.13. The molecule has 1 unspecified atom stereocenters. The lowest BCUT2D eigenvalue weighted by Gasteiger charge is -2.14. The highest BCUT2D eigenvalue weighted by Gasteiger charge is 2.19. The molecule has 3 amide bonds. The minimum absolute atomic E-state index is 0.0384. The lowest BCUT2D eigenvalue weighted by atomic mass is 10.2. The number of nitrogens with one attached hydrogen (secondary N) is 3. The Labute approximate surface area is 105 Å². The van der Waals surface area contributed by atoms with E-state index in [0.29, 0.717) is 0 Å². The summed E-state index contributed by atoms with van der Waals surface area (Å²) in [6.45, 7) is 2.96. The molecule has 104 valence electrons. The van der Waals surface area contributed by atoms with Crippen molar-refractivity contribution < 1.29 is 24.6 Å². The van der Waals surface area contributed by atoms with Gasteiger partial charge in [-0.25, -0.2) is 9.59 Å². The van der Waals surface area contributed by atoms with Crippen LogP contribution in [0.4, 0.5) is 4.79 Å². The van der Waals surface area contributed by atoms with Gasteiger partial charge in [-0.3, -0.25) is 4.79 Å². The van der Waals surface area contributed by atoms with Gasteiger partial charge in [-0.1, -0.05) is 0 Å². The predicted molar refractivity (Wildman–Crippen MR) is 62.9 cm³/mol. The van der Waals surface area contributed by atoms with Crippen LogP contribution in [0.15, 0.2) is 0 Å². The average molecular weight is 261 g/mol. The second kappa shape index (κ2) is 8.29. The molecule has 0 aromatic heterocycles. The van der Waals surface area contributed by atoms with E-state index in [9.17, 15) is 14.4 Å². The van der Waals surface area contributed by atoms with Gasteiger partial charge in [0.2, 0.25) is 5.91 Å². The van der Waals surface area contributed by atoms with Crippen LogP contribution in [0.2, 0.25) is 0 Å². The molecule has 5 N–H and O–H groups in total. The van der Waals surface area contributed by atoms with Crippen molar-refractivity contribution in [3.8, 4) is 0 Å². The number of aliphatic hydroxyl groups excluding tert-OH is 1. The van der Waals surface area contributed by atoms with Crippen molar-refractivity contribution in [1.82, 2.24) is 16.0 Å². The summed E-state index contributed by atoms with van der Waals surface area (Å²) in [5.41, 5.74) is 0. The van der Waals surface area contributed by atoms with Crippen molar-refractivity contribution in [2.45, 2.75) is 32.4 Å². The Balaban J connectivity index is 4.02. The van der Waals surface area contributed by atoms with Gasteiger partial charge in [-0.05, 0) is 13.8 Å². The molecule has 0 aromatic carbocycles. The van der Waals surface area contributed by atoms with E-state index < -0.39 is 18.0 Å². The van der Waals surface area contributed by atoms with E-state index in [1.54, 1.807) is 13.8 Å². The molecule has 0 rings (SSSR count). The first-order valence-electron chi connectivity index (χ1n) is 5.54. The first-order valence-corrected chi connectivity index (χ1v) is 5.54. The summed E-state index contributed by atoms with van der Waals surface area (Å²) in [7, 11) is 0. The Bertz CT molecular complexity index is 306. The summed E-state index contributed by atoms with van der Waals surface area (Å²) >= 11 is 0. The monoisotopic (exact) mass is 261 g/mol. The number of aliphatic carboxylic acids is 1. The van der Waals surface area contributed by atoms with Crippen LogP contribution < -0.4 is 16.0 Å². The Morgan fingerprint density at radius 3 is 2.22 bits per heavy atom. The molecule has 18 heavy (non-hydrogen) atoms. The van der Waals surface area contributed by atoms with Crippen LogP contribution in [0.3, 0.4) is 0 Å². The number of rotatable bonds is 7. The molecule has 0 spiro atoms. The van der Waals surface area contributed by atoms with Gasteiger partial charge in [0, 0.05) is 19.1 Å². The minimum Gasteiger partial charge on any atom is -0.480 e. The van der Waals surface area contributed by atoms with E-state index in [-0.39, 0.29) is 31.5 Å². The molecule has 0 saturated heterocycles. The van der Waals surface area contributed by atoms with Gasteiger partial charge >= 0.3 is 12.0 Å². The molecule has 0 aromatic rings. The Morgan fingerprint density at radius 2 is 1.78 bits per heavy atom. The first kappa shape index (κ1) is 16.2. The van der Waals surface area contributed by atoms with Gasteiger partial charge in [0.05, 0.1) is 6.54 Å². The Morgan fingerprint density at radius 1 is 1.17 bits per heavy atom. The Hall–Kier alpha value is -1.83. The largest absolute Gasteiger partial charge is 0.480 e. The maximum Gasteiger partial charge on any atom is 0.326 e. The lowest BCUT2D eigenvalue weighted by molar-refractivity contribution is -0.139. The number of urea groups is 1. The number of carboxylic acids is 1. The number of aliphatic hydroxyl groups is 1. The predicted octanol–water partition coefficient (Wildman–Crippen LogP) is -1.35. The van der Waals surface area contributed by atoms with Gasteiger partial charge in [0.15, 0.2) is 0 Å². The van der Waals surface area contributed by atoms with Gasteiger partial charge in [0.25, 0.3) is 0 Å². The van der Waals surface area contributed by atoms with Crippen molar-refractivity contribution in [2.24, 2.45) is 0 Å². The highest BCUT2D eigenvalue weighted by Crippen LogP contribution is 1.90. The summed E-state index contributed by atoms with van der Waals surface area (Å²) in [6, 6.07) is -1.98. The smallest absolute Gasteiger partial charge is 0.326 e. The normalized spacial score (nSPS) is 11.8. The second-order valence-electron chi connectivity index (χ2n) is 3.95. The fourth-order valence-corrected chi connectivity index (χ4v) is 1.13. The van der Waals surface area contributed by atoms with Crippen molar-refractivity contribution >= 4 is 17.9 Å². The van der Waals surface area contributed by atoms with Gasteiger partial charge < -0.3 is 26.2 Å². The van der Waals surface area contributed by atoms with E-state index in [1.807, 2.05) is 0 Å². The molecule has 1 atom stereocenters. The molecule has 0 aliphatic heterocycles. The molecule has 0 aliphatic carbocycles. The summed E-state index contributed by atoms with van der Waals surface area (Å²) in [5, 5.41) is 24.3. The lowest BCUT2D eigenvalue weighted by Crippen LogP contribution is -2.49. The van der Waals surface area contributed by atoms with E-state index in [0.717, 1.165) is 0 Å². The van der Waals surface area contributed by atoms with Gasteiger partial charge in [-0.15, -0.1) is 0 Å². The molecule has 0 saturated carbocycles. The third-order valence-corrected chi connectivity index (χ3v) is 1.88. The highest BCUT2D eigenvalue weighted by molar-refractivity contribution is 5.86. The fraction of sp³-hybridized carbons (Fsp3) is 0.700. The van der Waals surface area contributed by atoms with Gasteiger partial charge in [-0.2, -0.15) is 0 Å². The second-order valence-corrected chi connectivity index (χ2v) is 3.95. The molecule has 0 bridgehead atoms. The molecular weight excluding hydrogens is 242 g/mol. The molecule has 8 heteroatoms. The molecular formula is C10H19N3O5. The number of hydrogen-bond donors (Lipinski definition) is 5. The summed E-state index contributed by atoms with van der Waals surface area (Å²) in [5.74, 6) is -1.61. The summed E-state index contributed by atoms with van der Waals surface area (Å²) in [6.07, 6.45) is -0.0963. The quantitative estimate of drug-likeness (QED) is 0.387. The standard InChI is InChI=1S/C10H19N3O5/c1-6(2)12-8(15)5-11-10(18)13-7(3-4-14)9(16)17/h6-7,14H,3-5H2,1-2H3,(H,12,15)(H,16,17)(H2,11,13,18). The minimum atomic E-state index is -1.24. The zero-order chi connectivity index (χ0) is 14.1. The van der Waals surface area contributed by atoms with E-state index in [2.05, 4.69) is 16.0 Å². The number of amides is 3. The van der Waals surface area contributed by atoms with E-state index in [1.165, 1.54) is 0 Å². The molecule has 0 aliphatic rings. The van der Waals surface area contributed by atoms with Crippen LogP contribution in [-0.4, -0.2) is 53.4 Å². The first-order chi connectivity index (χ1) is 8.36. The van der Waals surface area contributed by atoms with Crippen LogP contribution in [0.25, 0.3) is 0 Å². The molecule has 8 nitrogen and oxygen atoms in total. The third kappa shape index (κ3) is 7.44. The SMILES string of the molecule is CC(C)NC(=O)CNC(=O)NC(CCO)C(=O)O. The summed E-state index contributed by atoms with van der Waals surface area (Å²) < 4.78 is 0. The van der Waals surface area contributed by atoms with Crippen molar-refractivity contribution in [1.29, 1.82) is 0 Å². The maximum absolute atomic E-state index is 11.3. The van der Waals surface area contributed by atoms with Crippen molar-refractivity contribution in [3.05, 3.63) is 0 Å². The van der Waals surface area contributed by atoms with Crippen LogP contribution >= 0.6 is 0 Å². The van der Waals surface area contributed by atoms with Crippen LogP contribution in [-0.2, 0) is 9.59 Å². The molecule has 0 fully saturated rings. The maximum atomic E-state index is 11.3. The van der Waals surface area contributed by atoms with Crippen LogP contribution in [0.1, 0.15) is 20.3 Å². The zero-order valence-corrected chi connectivity index (χ0v) is 10.4. The van der Waals surface area contributed by atoms with Crippen LogP contribution in [0.5, 0.6) is 0 Å². The zero-order valence-electron chi connectivity index (χ0n) is 10.4. The highest BCUT2D eigenvalue weighted by atomic mass is 16.4. The van der Waals surface area contributed by atoms with E-state index in [4.69, 9.17) is 10.2 Å². The Kier molecular flexibility index (Phi) is 7.45. The van der Waals surface area contributed by atoms with E-state index >= 15 is 0 Å². The van der Waals surface area contributed by atoms with Crippen molar-refractivity contribution in [3.63, 3.8) is 0 Å². The van der Waals surface area contributed by atoms with Crippen LogP contribution in [0, 0.1) is 0 Å². The average Bonchev–Trinajstić information content (AvgIpc) is 2.24. The summed E-state index contributed by atoms with van der Waals surface area (Å²) in [4.78, 5) is 33.1. The topological polar surface area (TPSA) is 128 Å². The number of carbonyl (C=O) groups excluding carboxylic acids is 2. The third-order valence-electron chi connectivity index (χ3n) is 1.88. The molecule has 0 radical (unpaired) electrons. The number of hydrogen-bond acceptors (Lipinski definition) is 4.